The van der Waals surface area contributed by atoms with Crippen molar-refractivity contribution in [1.29, 1.82) is 0 Å². The highest BCUT2D eigenvalue weighted by Gasteiger charge is 2.32. The molecule has 1 saturated carbocycles. The molecule has 1 amide bonds. The highest BCUT2D eigenvalue weighted by atomic mass is 35.5. The second-order valence-corrected chi connectivity index (χ2v) is 4.10. The second-order valence-electron chi connectivity index (χ2n) is 3.83. The number of nitrogens with zero attached hydrogens (tertiary/aromatic N) is 3. The molecule has 16 heavy (non-hydrogen) atoms. The van der Waals surface area contributed by atoms with E-state index in [0.29, 0.717) is 12.6 Å². The SMILES string of the molecule is Cl.Cn1nccc1CN(C(=O)CCl)C1CC1. The van der Waals surface area contributed by atoms with E-state index >= 15 is 0 Å². The average molecular weight is 264 g/mol. The molecule has 1 aliphatic rings. The molecule has 0 unspecified atom stereocenters. The largest absolute Gasteiger partial charge is 0.333 e. The van der Waals surface area contributed by atoms with Gasteiger partial charge in [0.15, 0.2) is 0 Å². The number of alkyl halides is 1. The Morgan fingerprint density at radius 3 is 2.81 bits per heavy atom. The molecule has 0 aromatic carbocycles. The van der Waals surface area contributed by atoms with Crippen molar-refractivity contribution in [3.8, 4) is 0 Å². The quantitative estimate of drug-likeness (QED) is 0.774. The zero-order valence-corrected chi connectivity index (χ0v) is 10.7. The van der Waals surface area contributed by atoms with E-state index in [1.807, 2.05) is 18.0 Å². The van der Waals surface area contributed by atoms with Crippen molar-refractivity contribution in [3.05, 3.63) is 18.0 Å². The van der Waals surface area contributed by atoms with Crippen LogP contribution in [0.1, 0.15) is 18.5 Å². The van der Waals surface area contributed by atoms with Crippen LogP contribution in [0.2, 0.25) is 0 Å². The fourth-order valence-corrected chi connectivity index (χ4v) is 1.77. The molecule has 90 valence electrons. The topological polar surface area (TPSA) is 38.1 Å². The average Bonchev–Trinajstić information content (AvgIpc) is 2.99. The van der Waals surface area contributed by atoms with Crippen LogP contribution in [0.4, 0.5) is 0 Å². The molecule has 0 atom stereocenters. The summed E-state index contributed by atoms with van der Waals surface area (Å²) in [6, 6.07) is 2.32. The summed E-state index contributed by atoms with van der Waals surface area (Å²) < 4.78 is 1.79. The molecule has 0 spiro atoms. The van der Waals surface area contributed by atoms with E-state index in [2.05, 4.69) is 5.10 Å². The first kappa shape index (κ1) is 13.3. The predicted octanol–water partition coefficient (Wildman–Crippen LogP) is 1.57. The normalized spacial score (nSPS) is 14.4. The number of carbonyl (C=O) groups is 1. The van der Waals surface area contributed by atoms with Crippen LogP contribution in [0.25, 0.3) is 0 Å². The molecule has 2 rings (SSSR count). The number of carbonyl (C=O) groups excluding carboxylic acids is 1. The lowest BCUT2D eigenvalue weighted by molar-refractivity contribution is -0.129. The minimum Gasteiger partial charge on any atom is -0.333 e. The Balaban J connectivity index is 0.00000128. The van der Waals surface area contributed by atoms with Crippen LogP contribution in [0.3, 0.4) is 0 Å². The van der Waals surface area contributed by atoms with Crippen molar-refractivity contribution >= 4 is 29.9 Å². The maximum Gasteiger partial charge on any atom is 0.238 e. The van der Waals surface area contributed by atoms with Crippen LogP contribution in [0.15, 0.2) is 12.3 Å². The van der Waals surface area contributed by atoms with Crippen molar-refractivity contribution < 1.29 is 4.79 Å². The minimum atomic E-state index is 0. The van der Waals surface area contributed by atoms with Crippen LogP contribution in [0.5, 0.6) is 0 Å². The van der Waals surface area contributed by atoms with Crippen LogP contribution in [0, 0.1) is 0 Å². The van der Waals surface area contributed by atoms with E-state index in [1.54, 1.807) is 10.9 Å². The summed E-state index contributed by atoms with van der Waals surface area (Å²) in [6.07, 6.45) is 3.94. The maximum absolute atomic E-state index is 11.6. The summed E-state index contributed by atoms with van der Waals surface area (Å²) in [7, 11) is 1.88. The number of hydrogen-bond acceptors (Lipinski definition) is 2. The highest BCUT2D eigenvalue weighted by Crippen LogP contribution is 2.28. The van der Waals surface area contributed by atoms with Crippen LogP contribution in [-0.2, 0) is 18.4 Å². The van der Waals surface area contributed by atoms with Crippen molar-refractivity contribution in [2.24, 2.45) is 7.05 Å². The van der Waals surface area contributed by atoms with Crippen LogP contribution in [-0.4, -0.2) is 32.5 Å². The van der Waals surface area contributed by atoms with Gasteiger partial charge in [0.1, 0.15) is 5.88 Å². The van der Waals surface area contributed by atoms with E-state index in [4.69, 9.17) is 11.6 Å². The Bertz CT molecular complexity index is 363. The molecule has 0 aliphatic heterocycles. The van der Waals surface area contributed by atoms with Crippen molar-refractivity contribution in [2.45, 2.75) is 25.4 Å². The van der Waals surface area contributed by atoms with Gasteiger partial charge in [-0.1, -0.05) is 0 Å². The van der Waals surface area contributed by atoms with E-state index in [-0.39, 0.29) is 24.2 Å². The van der Waals surface area contributed by atoms with Gasteiger partial charge in [-0.2, -0.15) is 5.10 Å². The molecule has 0 saturated heterocycles. The Labute approximate surface area is 106 Å². The van der Waals surface area contributed by atoms with Crippen molar-refractivity contribution in [1.82, 2.24) is 14.7 Å². The monoisotopic (exact) mass is 263 g/mol. The van der Waals surface area contributed by atoms with Gasteiger partial charge in [0.2, 0.25) is 5.91 Å². The van der Waals surface area contributed by atoms with Gasteiger partial charge in [-0.15, -0.1) is 24.0 Å². The lowest BCUT2D eigenvalue weighted by Crippen LogP contribution is -2.34. The summed E-state index contributed by atoms with van der Waals surface area (Å²) in [5, 5.41) is 4.08. The number of hydrogen-bond donors (Lipinski definition) is 0. The van der Waals surface area contributed by atoms with Gasteiger partial charge < -0.3 is 4.90 Å². The molecular formula is C10H15Cl2N3O. The summed E-state index contributed by atoms with van der Waals surface area (Å²) in [5.41, 5.74) is 1.04. The molecule has 1 aromatic rings. The Hall–Kier alpha value is -0.740. The van der Waals surface area contributed by atoms with Gasteiger partial charge in [-0.05, 0) is 18.9 Å². The third-order valence-corrected chi connectivity index (χ3v) is 2.91. The Morgan fingerprint density at radius 1 is 1.69 bits per heavy atom. The number of halogens is 2. The first-order chi connectivity index (χ1) is 7.22. The maximum atomic E-state index is 11.6. The molecule has 6 heteroatoms. The fraction of sp³-hybridized carbons (Fsp3) is 0.600. The molecule has 0 bridgehead atoms. The van der Waals surface area contributed by atoms with Crippen LogP contribution >= 0.6 is 24.0 Å². The summed E-state index contributed by atoms with van der Waals surface area (Å²) in [6.45, 7) is 0.618. The zero-order chi connectivity index (χ0) is 10.8. The van der Waals surface area contributed by atoms with E-state index in [9.17, 15) is 4.79 Å². The molecule has 1 heterocycles. The van der Waals surface area contributed by atoms with Gasteiger partial charge in [0.05, 0.1) is 12.2 Å². The lowest BCUT2D eigenvalue weighted by atomic mass is 10.3. The van der Waals surface area contributed by atoms with Gasteiger partial charge in [0, 0.05) is 19.3 Å². The van der Waals surface area contributed by atoms with Gasteiger partial charge in [-0.25, -0.2) is 0 Å². The van der Waals surface area contributed by atoms with Crippen LogP contribution < -0.4 is 0 Å². The van der Waals surface area contributed by atoms with Crippen molar-refractivity contribution in [3.63, 3.8) is 0 Å². The summed E-state index contributed by atoms with van der Waals surface area (Å²) in [4.78, 5) is 13.4. The molecule has 1 aromatic heterocycles. The summed E-state index contributed by atoms with van der Waals surface area (Å²) in [5.74, 6) is 0.0781. The minimum absolute atomic E-state index is 0. The number of aryl methyl sites for hydroxylation is 1. The first-order valence-electron chi connectivity index (χ1n) is 5.04. The van der Waals surface area contributed by atoms with E-state index < -0.39 is 0 Å². The summed E-state index contributed by atoms with van der Waals surface area (Å²) >= 11 is 5.58. The third kappa shape index (κ3) is 2.89. The second kappa shape index (κ2) is 5.55. The van der Waals surface area contributed by atoms with E-state index in [0.717, 1.165) is 18.5 Å². The Kier molecular flexibility index (Phi) is 4.62. The molecule has 0 N–H and O–H groups in total. The fourth-order valence-electron chi connectivity index (χ4n) is 1.61. The van der Waals surface area contributed by atoms with E-state index in [1.165, 1.54) is 0 Å². The number of rotatable bonds is 4. The molecular weight excluding hydrogens is 249 g/mol. The highest BCUT2D eigenvalue weighted by molar-refractivity contribution is 6.27. The predicted molar refractivity (Wildman–Crippen MR) is 64.7 cm³/mol. The molecule has 4 nitrogen and oxygen atoms in total. The molecule has 1 aliphatic carbocycles. The molecule has 0 radical (unpaired) electrons. The third-order valence-electron chi connectivity index (χ3n) is 2.68. The van der Waals surface area contributed by atoms with Gasteiger partial charge in [0.25, 0.3) is 0 Å². The number of aromatic nitrogens is 2. The Morgan fingerprint density at radius 2 is 2.38 bits per heavy atom. The number of amides is 1. The first-order valence-corrected chi connectivity index (χ1v) is 5.58. The smallest absolute Gasteiger partial charge is 0.238 e. The zero-order valence-electron chi connectivity index (χ0n) is 9.10. The standard InChI is InChI=1S/C10H14ClN3O.ClH/c1-13-9(4-5-12-13)7-14(8-2-3-8)10(15)6-11;/h4-5,8H,2-3,6-7H2,1H3;1H. The van der Waals surface area contributed by atoms with Gasteiger partial charge in [-0.3, -0.25) is 9.48 Å². The van der Waals surface area contributed by atoms with Gasteiger partial charge >= 0.3 is 0 Å². The molecule has 1 fully saturated rings. The van der Waals surface area contributed by atoms with Crippen molar-refractivity contribution in [2.75, 3.05) is 5.88 Å². The lowest BCUT2D eigenvalue weighted by Gasteiger charge is -2.21.